The van der Waals surface area contributed by atoms with E-state index >= 15 is 0 Å². The van der Waals surface area contributed by atoms with Crippen LogP contribution in [0.5, 0.6) is 0 Å². The van der Waals surface area contributed by atoms with Crippen LogP contribution in [-0.2, 0) is 26.0 Å². The third kappa shape index (κ3) is 4.03. The van der Waals surface area contributed by atoms with Gasteiger partial charge in [0.05, 0.1) is 18.4 Å². The number of ether oxygens (including phenoxy) is 1. The van der Waals surface area contributed by atoms with E-state index in [4.69, 9.17) is 0 Å². The summed E-state index contributed by atoms with van der Waals surface area (Å²) in [5.41, 5.74) is 0.735. The molecule has 1 fully saturated rings. The first-order valence-electron chi connectivity index (χ1n) is 6.90. The summed E-state index contributed by atoms with van der Waals surface area (Å²) in [4.78, 5) is 11.5. The molecule has 0 spiro atoms. The van der Waals surface area contributed by atoms with Crippen molar-refractivity contribution < 1.29 is 17.9 Å². The van der Waals surface area contributed by atoms with Crippen molar-refractivity contribution in [2.45, 2.75) is 17.7 Å². The van der Waals surface area contributed by atoms with Crippen molar-refractivity contribution >= 4 is 16.0 Å². The van der Waals surface area contributed by atoms with E-state index in [0.29, 0.717) is 19.6 Å². The monoisotopic (exact) mass is 312 g/mol. The van der Waals surface area contributed by atoms with Crippen LogP contribution in [0.2, 0.25) is 0 Å². The van der Waals surface area contributed by atoms with Gasteiger partial charge in [-0.25, -0.2) is 8.42 Å². The first-order valence-corrected chi connectivity index (χ1v) is 8.34. The molecule has 1 heterocycles. The largest absolute Gasteiger partial charge is 0.469 e. The molecule has 1 saturated heterocycles. The van der Waals surface area contributed by atoms with E-state index in [1.54, 1.807) is 24.3 Å². The zero-order valence-electron chi connectivity index (χ0n) is 12.0. The van der Waals surface area contributed by atoms with E-state index in [1.807, 2.05) is 0 Å². The lowest BCUT2D eigenvalue weighted by Gasteiger charge is -2.19. The fourth-order valence-corrected chi connectivity index (χ4v) is 3.71. The third-order valence-corrected chi connectivity index (χ3v) is 5.35. The smallest absolute Gasteiger partial charge is 0.309 e. The van der Waals surface area contributed by atoms with Crippen LogP contribution in [0.3, 0.4) is 0 Å². The standard InChI is InChI=1S/C14H20N2O4S/c1-20-14(17)11-12-3-5-13(6-4-12)21(18,19)16-9-2-7-15-8-10-16/h3-6,15H,2,7-11H2,1H3. The summed E-state index contributed by atoms with van der Waals surface area (Å²) < 4.78 is 31.2. The molecule has 0 saturated carbocycles. The Bertz CT molecular complexity index is 575. The molecule has 0 aromatic heterocycles. The predicted molar refractivity (Wildman–Crippen MR) is 78.4 cm³/mol. The third-order valence-electron chi connectivity index (χ3n) is 3.44. The van der Waals surface area contributed by atoms with Crippen molar-refractivity contribution in [1.82, 2.24) is 9.62 Å². The summed E-state index contributed by atoms with van der Waals surface area (Å²) in [6.07, 6.45) is 0.949. The van der Waals surface area contributed by atoms with Crippen LogP contribution in [0.15, 0.2) is 29.2 Å². The molecule has 1 N–H and O–H groups in total. The summed E-state index contributed by atoms with van der Waals surface area (Å²) >= 11 is 0. The Balaban J connectivity index is 2.14. The van der Waals surface area contributed by atoms with E-state index in [9.17, 15) is 13.2 Å². The number of hydrogen-bond acceptors (Lipinski definition) is 5. The molecule has 0 amide bonds. The lowest BCUT2D eigenvalue weighted by molar-refractivity contribution is -0.139. The second kappa shape index (κ2) is 7.02. The molecule has 1 aliphatic rings. The Kier molecular flexibility index (Phi) is 5.33. The number of esters is 1. The van der Waals surface area contributed by atoms with Crippen LogP contribution in [0.4, 0.5) is 0 Å². The zero-order chi connectivity index (χ0) is 15.3. The molecule has 0 bridgehead atoms. The predicted octanol–water partition coefficient (Wildman–Crippen LogP) is 0.386. The molecule has 116 valence electrons. The summed E-state index contributed by atoms with van der Waals surface area (Å²) in [7, 11) is -2.13. The van der Waals surface area contributed by atoms with Gasteiger partial charge in [-0.3, -0.25) is 4.79 Å². The molecule has 6 nitrogen and oxygen atoms in total. The maximum absolute atomic E-state index is 12.5. The van der Waals surface area contributed by atoms with Gasteiger partial charge < -0.3 is 10.1 Å². The topological polar surface area (TPSA) is 75.7 Å². The number of nitrogens with one attached hydrogen (secondary N) is 1. The van der Waals surface area contributed by atoms with Gasteiger partial charge in [0, 0.05) is 19.6 Å². The fourth-order valence-electron chi connectivity index (χ4n) is 2.23. The molecule has 2 rings (SSSR count). The van der Waals surface area contributed by atoms with Crippen molar-refractivity contribution in [3.63, 3.8) is 0 Å². The minimum atomic E-state index is -3.46. The van der Waals surface area contributed by atoms with Gasteiger partial charge in [-0.1, -0.05) is 12.1 Å². The molecule has 1 aromatic carbocycles. The number of hydrogen-bond donors (Lipinski definition) is 1. The van der Waals surface area contributed by atoms with Crippen molar-refractivity contribution in [1.29, 1.82) is 0 Å². The van der Waals surface area contributed by atoms with Crippen molar-refractivity contribution in [3.8, 4) is 0 Å². The quantitative estimate of drug-likeness (QED) is 0.814. The normalized spacial score (nSPS) is 17.2. The molecule has 0 aliphatic carbocycles. The second-order valence-corrected chi connectivity index (χ2v) is 6.84. The molecular weight excluding hydrogens is 292 g/mol. The van der Waals surface area contributed by atoms with Gasteiger partial charge in [0.2, 0.25) is 10.0 Å². The van der Waals surface area contributed by atoms with Gasteiger partial charge in [0.15, 0.2) is 0 Å². The average Bonchev–Trinajstić information content (AvgIpc) is 2.77. The Morgan fingerprint density at radius 3 is 2.62 bits per heavy atom. The zero-order valence-corrected chi connectivity index (χ0v) is 12.9. The highest BCUT2D eigenvalue weighted by molar-refractivity contribution is 7.89. The molecule has 21 heavy (non-hydrogen) atoms. The van der Waals surface area contributed by atoms with Gasteiger partial charge in [0.1, 0.15) is 0 Å². The van der Waals surface area contributed by atoms with Gasteiger partial charge in [-0.2, -0.15) is 4.31 Å². The molecule has 0 radical (unpaired) electrons. The number of nitrogens with zero attached hydrogens (tertiary/aromatic N) is 1. The van der Waals surface area contributed by atoms with E-state index in [2.05, 4.69) is 10.1 Å². The van der Waals surface area contributed by atoms with Crippen molar-refractivity contribution in [2.75, 3.05) is 33.3 Å². The van der Waals surface area contributed by atoms with Crippen molar-refractivity contribution in [3.05, 3.63) is 29.8 Å². The lowest BCUT2D eigenvalue weighted by Crippen LogP contribution is -2.34. The summed E-state index contributed by atoms with van der Waals surface area (Å²) in [5, 5.41) is 3.18. The minimum Gasteiger partial charge on any atom is -0.469 e. The second-order valence-electron chi connectivity index (χ2n) is 4.90. The van der Waals surface area contributed by atoms with E-state index in [1.165, 1.54) is 11.4 Å². The van der Waals surface area contributed by atoms with Crippen LogP contribution < -0.4 is 5.32 Å². The Morgan fingerprint density at radius 2 is 1.95 bits per heavy atom. The van der Waals surface area contributed by atoms with E-state index in [0.717, 1.165) is 18.5 Å². The maximum Gasteiger partial charge on any atom is 0.309 e. The van der Waals surface area contributed by atoms with E-state index in [-0.39, 0.29) is 17.3 Å². The first-order chi connectivity index (χ1) is 10.0. The number of methoxy groups -OCH3 is 1. The molecule has 0 unspecified atom stereocenters. The highest BCUT2D eigenvalue weighted by Crippen LogP contribution is 2.17. The average molecular weight is 312 g/mol. The Hall–Kier alpha value is -1.44. The van der Waals surface area contributed by atoms with Crippen LogP contribution >= 0.6 is 0 Å². The Morgan fingerprint density at radius 1 is 1.24 bits per heavy atom. The van der Waals surface area contributed by atoms with Crippen LogP contribution in [0.1, 0.15) is 12.0 Å². The molecule has 0 atom stereocenters. The minimum absolute atomic E-state index is 0.143. The highest BCUT2D eigenvalue weighted by Gasteiger charge is 2.24. The van der Waals surface area contributed by atoms with Crippen molar-refractivity contribution in [2.24, 2.45) is 0 Å². The highest BCUT2D eigenvalue weighted by atomic mass is 32.2. The first kappa shape index (κ1) is 15.9. The van der Waals surface area contributed by atoms with Crippen LogP contribution in [0, 0.1) is 0 Å². The molecule has 7 heteroatoms. The fraction of sp³-hybridized carbons (Fsp3) is 0.500. The number of rotatable bonds is 4. The van der Waals surface area contributed by atoms with Gasteiger partial charge >= 0.3 is 5.97 Å². The summed E-state index contributed by atoms with van der Waals surface area (Å²) in [6.45, 7) is 2.51. The molecule has 1 aliphatic heterocycles. The molecule has 1 aromatic rings. The number of carbonyl (C=O) groups is 1. The van der Waals surface area contributed by atoms with Gasteiger partial charge in [0.25, 0.3) is 0 Å². The summed E-state index contributed by atoms with van der Waals surface area (Å²) in [5.74, 6) is -0.343. The SMILES string of the molecule is COC(=O)Cc1ccc(S(=O)(=O)N2CCCNCC2)cc1. The Labute approximate surface area is 125 Å². The lowest BCUT2D eigenvalue weighted by atomic mass is 10.2. The van der Waals surface area contributed by atoms with Crippen LogP contribution in [-0.4, -0.2) is 52.0 Å². The van der Waals surface area contributed by atoms with E-state index < -0.39 is 10.0 Å². The molecular formula is C14H20N2O4S. The van der Waals surface area contributed by atoms with Gasteiger partial charge in [-0.15, -0.1) is 0 Å². The van der Waals surface area contributed by atoms with Gasteiger partial charge in [-0.05, 0) is 30.7 Å². The summed E-state index contributed by atoms with van der Waals surface area (Å²) in [6, 6.07) is 6.40. The van der Waals surface area contributed by atoms with Crippen LogP contribution in [0.25, 0.3) is 0 Å². The number of benzene rings is 1. The number of carbonyl (C=O) groups excluding carboxylic acids is 1. The maximum atomic E-state index is 12.5. The number of sulfonamides is 1.